The van der Waals surface area contributed by atoms with Crippen molar-refractivity contribution in [1.82, 2.24) is 15.0 Å². The molecule has 0 bridgehead atoms. The van der Waals surface area contributed by atoms with Crippen LogP contribution in [0.3, 0.4) is 0 Å². The highest BCUT2D eigenvalue weighted by atomic mass is 32.1. The molecular weight excluding hydrogens is 509 g/mol. The van der Waals surface area contributed by atoms with Gasteiger partial charge < -0.3 is 5.32 Å². The number of nitrogens with one attached hydrogen (secondary N) is 1. The minimum atomic E-state index is -0.423. The van der Waals surface area contributed by atoms with Crippen molar-refractivity contribution in [3.8, 4) is 11.1 Å². The Morgan fingerprint density at radius 3 is 2.47 bits per heavy atom. The first-order valence-electron chi connectivity index (χ1n) is 12.7. The highest BCUT2D eigenvalue weighted by Crippen LogP contribution is 2.50. The third-order valence-electron chi connectivity index (χ3n) is 7.52. The molecule has 7 heteroatoms. The molecule has 1 N–H and O–H groups in total. The average Bonchev–Trinajstić information content (AvgIpc) is 3.61. The van der Waals surface area contributed by atoms with Crippen molar-refractivity contribution in [2.24, 2.45) is 5.92 Å². The summed E-state index contributed by atoms with van der Waals surface area (Å²) in [7, 11) is 0. The number of aryl methyl sites for hydroxylation is 2. The number of benzene rings is 2. The first-order valence-corrected chi connectivity index (χ1v) is 14.4. The fourth-order valence-corrected chi connectivity index (χ4v) is 7.52. The van der Waals surface area contributed by atoms with E-state index >= 15 is 0 Å². The number of hydrogen-bond acceptors (Lipinski definition) is 6. The van der Waals surface area contributed by atoms with Gasteiger partial charge in [-0.2, -0.15) is 0 Å². The van der Waals surface area contributed by atoms with Gasteiger partial charge in [0.15, 0.2) is 5.13 Å². The van der Waals surface area contributed by atoms with Crippen LogP contribution in [0.2, 0.25) is 0 Å². The predicted molar refractivity (Wildman–Crippen MR) is 155 cm³/mol. The molecule has 190 valence electrons. The van der Waals surface area contributed by atoms with E-state index in [1.165, 1.54) is 32.9 Å². The molecule has 0 spiro atoms. The van der Waals surface area contributed by atoms with E-state index in [1.807, 2.05) is 24.4 Å². The molecular formula is C31H28N4OS2. The molecule has 0 saturated carbocycles. The second-order valence-corrected chi connectivity index (χ2v) is 12.1. The molecule has 1 aliphatic carbocycles. The molecule has 5 nitrogen and oxygen atoms in total. The van der Waals surface area contributed by atoms with Crippen LogP contribution in [-0.2, 0) is 23.1 Å². The number of nitrogens with zero attached hydrogens (tertiary/aromatic N) is 3. The average molecular weight is 537 g/mol. The van der Waals surface area contributed by atoms with Crippen molar-refractivity contribution in [2.45, 2.75) is 39.0 Å². The van der Waals surface area contributed by atoms with E-state index in [9.17, 15) is 4.79 Å². The van der Waals surface area contributed by atoms with Gasteiger partial charge in [0.1, 0.15) is 0 Å². The molecule has 0 aliphatic heterocycles. The van der Waals surface area contributed by atoms with Crippen LogP contribution >= 0.6 is 22.7 Å². The van der Waals surface area contributed by atoms with E-state index in [-0.39, 0.29) is 11.8 Å². The normalized spacial score (nSPS) is 18.3. The zero-order valence-corrected chi connectivity index (χ0v) is 23.2. The van der Waals surface area contributed by atoms with Gasteiger partial charge in [-0.3, -0.25) is 9.78 Å². The molecule has 3 aromatic heterocycles. The molecule has 0 unspecified atom stereocenters. The fraction of sp³-hybridized carbons (Fsp3) is 0.226. The van der Waals surface area contributed by atoms with Gasteiger partial charge in [0.05, 0.1) is 22.3 Å². The van der Waals surface area contributed by atoms with Crippen LogP contribution in [0.25, 0.3) is 11.1 Å². The van der Waals surface area contributed by atoms with Crippen LogP contribution < -0.4 is 5.32 Å². The van der Waals surface area contributed by atoms with Gasteiger partial charge in [-0.25, -0.2) is 9.97 Å². The molecule has 1 aliphatic rings. The van der Waals surface area contributed by atoms with Crippen LogP contribution in [-0.4, -0.2) is 20.9 Å². The molecule has 2 aromatic carbocycles. The minimum Gasteiger partial charge on any atom is -0.302 e. The number of hydrogen-bond donors (Lipinski definition) is 1. The Balaban J connectivity index is 1.20. The van der Waals surface area contributed by atoms with Crippen LogP contribution in [0.4, 0.5) is 5.13 Å². The third kappa shape index (κ3) is 4.46. The van der Waals surface area contributed by atoms with Crippen molar-refractivity contribution in [3.05, 3.63) is 116 Å². The predicted octanol–water partition coefficient (Wildman–Crippen LogP) is 6.99. The SMILES string of the molecule is Cc1nc(C)c([C@@]2(C)c3ccccc3C[C@@H]2C(=O)Nc2nc(Cc3ccc(-c4ccncc4)cc3)cs2)s1. The van der Waals surface area contributed by atoms with E-state index in [1.54, 1.807) is 23.7 Å². The van der Waals surface area contributed by atoms with Gasteiger partial charge in [-0.1, -0.05) is 48.5 Å². The van der Waals surface area contributed by atoms with E-state index < -0.39 is 5.41 Å². The lowest BCUT2D eigenvalue weighted by atomic mass is 9.74. The molecule has 38 heavy (non-hydrogen) atoms. The molecule has 0 fully saturated rings. The number of aromatic nitrogens is 3. The summed E-state index contributed by atoms with van der Waals surface area (Å²) >= 11 is 3.18. The molecule has 6 rings (SSSR count). The quantitative estimate of drug-likeness (QED) is 0.254. The first-order chi connectivity index (χ1) is 18.4. The van der Waals surface area contributed by atoms with Crippen molar-refractivity contribution in [3.63, 3.8) is 0 Å². The summed E-state index contributed by atoms with van der Waals surface area (Å²) in [5, 5.41) is 6.86. The van der Waals surface area contributed by atoms with E-state index in [0.29, 0.717) is 11.6 Å². The molecule has 3 heterocycles. The van der Waals surface area contributed by atoms with E-state index in [4.69, 9.17) is 9.97 Å². The van der Waals surface area contributed by atoms with Crippen molar-refractivity contribution >= 4 is 33.7 Å². The highest BCUT2D eigenvalue weighted by Gasteiger charge is 2.49. The standard InChI is InChI=1S/C31H28N4OS2/c1-19-28(38-20(2)33-19)31(3)26-7-5-4-6-24(26)17-27(31)29(36)35-30-34-25(18-37-30)16-21-8-10-22(11-9-21)23-12-14-32-15-13-23/h4-15,18,27H,16-17H2,1-3H3,(H,34,35,36)/t27-,31+/m1/s1. The zero-order chi connectivity index (χ0) is 26.3. The van der Waals surface area contributed by atoms with Crippen molar-refractivity contribution in [2.75, 3.05) is 5.32 Å². The maximum absolute atomic E-state index is 13.8. The molecule has 1 amide bonds. The summed E-state index contributed by atoms with van der Waals surface area (Å²) in [6.07, 6.45) is 5.04. The lowest BCUT2D eigenvalue weighted by molar-refractivity contribution is -0.121. The number of pyridine rings is 1. The van der Waals surface area contributed by atoms with Gasteiger partial charge >= 0.3 is 0 Å². The van der Waals surface area contributed by atoms with E-state index in [0.717, 1.165) is 33.9 Å². The Bertz CT molecular complexity index is 1610. The van der Waals surface area contributed by atoms with Crippen LogP contribution in [0.15, 0.2) is 78.4 Å². The first kappa shape index (κ1) is 24.6. The summed E-state index contributed by atoms with van der Waals surface area (Å²) in [5.41, 5.74) is 7.49. The van der Waals surface area contributed by atoms with Crippen LogP contribution in [0.1, 0.15) is 44.9 Å². The van der Waals surface area contributed by atoms with E-state index in [2.05, 4.69) is 72.7 Å². The summed E-state index contributed by atoms with van der Waals surface area (Å²) in [6, 6.07) is 21.0. The smallest absolute Gasteiger partial charge is 0.230 e. The number of rotatable bonds is 6. The van der Waals surface area contributed by atoms with Gasteiger partial charge in [0.2, 0.25) is 5.91 Å². The zero-order valence-electron chi connectivity index (χ0n) is 21.6. The summed E-state index contributed by atoms with van der Waals surface area (Å²) < 4.78 is 0. The topological polar surface area (TPSA) is 67.8 Å². The number of anilines is 1. The fourth-order valence-electron chi connectivity index (χ4n) is 5.67. The lowest BCUT2D eigenvalue weighted by Gasteiger charge is -2.31. The molecule has 2 atom stereocenters. The Morgan fingerprint density at radius 2 is 1.74 bits per heavy atom. The summed E-state index contributed by atoms with van der Waals surface area (Å²) in [5.74, 6) is -0.219. The summed E-state index contributed by atoms with van der Waals surface area (Å²) in [4.78, 5) is 28.5. The largest absolute Gasteiger partial charge is 0.302 e. The lowest BCUT2D eigenvalue weighted by Crippen LogP contribution is -2.38. The van der Waals surface area contributed by atoms with Gasteiger partial charge in [0.25, 0.3) is 0 Å². The maximum atomic E-state index is 13.8. The summed E-state index contributed by atoms with van der Waals surface area (Å²) in [6.45, 7) is 6.28. The number of amides is 1. The Hall–Kier alpha value is -3.68. The minimum absolute atomic E-state index is 0.0109. The number of thiazole rings is 2. The van der Waals surface area contributed by atoms with Crippen molar-refractivity contribution < 1.29 is 4.79 Å². The molecule has 0 radical (unpaired) electrons. The second kappa shape index (κ2) is 9.89. The highest BCUT2D eigenvalue weighted by molar-refractivity contribution is 7.14. The second-order valence-electron chi connectivity index (χ2n) is 10.0. The Kier molecular flexibility index (Phi) is 6.41. The van der Waals surface area contributed by atoms with Gasteiger partial charge in [-0.05, 0) is 67.1 Å². The Labute approximate surface area is 230 Å². The number of carbonyl (C=O) groups is 1. The monoisotopic (exact) mass is 536 g/mol. The maximum Gasteiger partial charge on any atom is 0.230 e. The number of fused-ring (bicyclic) bond motifs is 1. The molecule has 5 aromatic rings. The van der Waals surface area contributed by atoms with Crippen molar-refractivity contribution in [1.29, 1.82) is 0 Å². The Morgan fingerprint density at radius 1 is 1.00 bits per heavy atom. The number of carbonyl (C=O) groups excluding carboxylic acids is 1. The van der Waals surface area contributed by atoms with Gasteiger partial charge in [0, 0.05) is 34.5 Å². The van der Waals surface area contributed by atoms with Gasteiger partial charge in [-0.15, -0.1) is 22.7 Å². The third-order valence-corrected chi connectivity index (χ3v) is 9.64. The van der Waals surface area contributed by atoms with Crippen LogP contribution in [0, 0.1) is 19.8 Å². The van der Waals surface area contributed by atoms with Crippen LogP contribution in [0.5, 0.6) is 0 Å². The molecule has 0 saturated heterocycles.